The second-order valence-electron chi connectivity index (χ2n) is 6.19. The molecular formula is C19H29Br. The first-order chi connectivity index (χ1) is 9.71. The van der Waals surface area contributed by atoms with Crippen molar-refractivity contribution in [1.82, 2.24) is 0 Å². The molecule has 1 heteroatoms. The molecule has 0 aliphatic heterocycles. The molecule has 0 aromatic heterocycles. The van der Waals surface area contributed by atoms with Gasteiger partial charge in [-0.05, 0) is 60.3 Å². The summed E-state index contributed by atoms with van der Waals surface area (Å²) in [5, 5.41) is 0. The lowest BCUT2D eigenvalue weighted by Crippen LogP contribution is -2.15. The highest BCUT2D eigenvalue weighted by Crippen LogP contribution is 2.43. The zero-order chi connectivity index (χ0) is 14.5. The van der Waals surface area contributed by atoms with Crippen LogP contribution in [0.15, 0.2) is 12.1 Å². The van der Waals surface area contributed by atoms with E-state index in [9.17, 15) is 0 Å². The standard InChI is InChI=1S/C19H29Br/c1-4-14-12-15(5-2)18(16(6-3)13-14)19(20)17-10-8-7-9-11-17/h12-13,17,19H,4-11H2,1-3H3. The lowest BCUT2D eigenvalue weighted by atomic mass is 9.81. The third-order valence-corrected chi connectivity index (χ3v) is 6.13. The molecule has 0 N–H and O–H groups in total. The Bertz CT molecular complexity index is 404. The lowest BCUT2D eigenvalue weighted by molar-refractivity contribution is 0.353. The molecule has 1 atom stereocenters. The summed E-state index contributed by atoms with van der Waals surface area (Å²) in [5.41, 5.74) is 6.28. The van der Waals surface area contributed by atoms with E-state index in [1.54, 1.807) is 16.7 Å². The molecule has 20 heavy (non-hydrogen) atoms. The molecule has 0 heterocycles. The van der Waals surface area contributed by atoms with Crippen molar-refractivity contribution < 1.29 is 0 Å². The van der Waals surface area contributed by atoms with Crippen LogP contribution in [0.1, 0.15) is 80.0 Å². The van der Waals surface area contributed by atoms with Crippen LogP contribution in [0, 0.1) is 5.92 Å². The summed E-state index contributed by atoms with van der Waals surface area (Å²) in [6.45, 7) is 6.87. The molecule has 0 nitrogen and oxygen atoms in total. The normalized spacial score (nSPS) is 18.2. The van der Waals surface area contributed by atoms with Crippen LogP contribution in [0.3, 0.4) is 0 Å². The number of hydrogen-bond acceptors (Lipinski definition) is 0. The van der Waals surface area contributed by atoms with Gasteiger partial charge in [0.25, 0.3) is 0 Å². The van der Waals surface area contributed by atoms with Crippen molar-refractivity contribution in [1.29, 1.82) is 0 Å². The van der Waals surface area contributed by atoms with Crippen molar-refractivity contribution in [2.45, 2.75) is 77.0 Å². The minimum atomic E-state index is 0.568. The molecule has 0 bridgehead atoms. The molecule has 112 valence electrons. The maximum Gasteiger partial charge on any atom is 0.0428 e. The Labute approximate surface area is 133 Å². The first kappa shape index (κ1) is 16.1. The average molecular weight is 337 g/mol. The van der Waals surface area contributed by atoms with Crippen LogP contribution in [0.5, 0.6) is 0 Å². The molecule has 0 spiro atoms. The van der Waals surface area contributed by atoms with Gasteiger partial charge in [0.05, 0.1) is 0 Å². The van der Waals surface area contributed by atoms with Gasteiger partial charge in [0.1, 0.15) is 0 Å². The summed E-state index contributed by atoms with van der Waals surface area (Å²) in [6.07, 6.45) is 10.5. The zero-order valence-electron chi connectivity index (χ0n) is 13.3. The van der Waals surface area contributed by atoms with Crippen molar-refractivity contribution in [3.05, 3.63) is 34.4 Å². The topological polar surface area (TPSA) is 0 Å². The van der Waals surface area contributed by atoms with Gasteiger partial charge in [-0.3, -0.25) is 0 Å². The van der Waals surface area contributed by atoms with Crippen molar-refractivity contribution in [3.63, 3.8) is 0 Å². The van der Waals surface area contributed by atoms with Crippen LogP contribution >= 0.6 is 15.9 Å². The first-order valence-corrected chi connectivity index (χ1v) is 9.41. The second kappa shape index (κ2) is 7.64. The summed E-state index contributed by atoms with van der Waals surface area (Å²) in [4.78, 5) is 0.568. The largest absolute Gasteiger partial charge is 0.0836 e. The van der Waals surface area contributed by atoms with Crippen LogP contribution in [-0.4, -0.2) is 0 Å². The van der Waals surface area contributed by atoms with Gasteiger partial charge in [0.15, 0.2) is 0 Å². The van der Waals surface area contributed by atoms with Crippen LogP contribution in [0.4, 0.5) is 0 Å². The van der Waals surface area contributed by atoms with Gasteiger partial charge in [-0.25, -0.2) is 0 Å². The van der Waals surface area contributed by atoms with Gasteiger partial charge in [-0.15, -0.1) is 0 Å². The van der Waals surface area contributed by atoms with E-state index in [1.165, 1.54) is 37.7 Å². The van der Waals surface area contributed by atoms with Crippen LogP contribution in [-0.2, 0) is 19.3 Å². The van der Waals surface area contributed by atoms with E-state index in [2.05, 4.69) is 48.8 Å². The van der Waals surface area contributed by atoms with E-state index < -0.39 is 0 Å². The molecular weight excluding hydrogens is 308 g/mol. The predicted octanol–water partition coefficient (Wildman–Crippen LogP) is 6.39. The molecule has 1 aliphatic carbocycles. The Morgan fingerprint density at radius 3 is 1.95 bits per heavy atom. The molecule has 1 aliphatic rings. The molecule has 1 saturated carbocycles. The average Bonchev–Trinajstić information content (AvgIpc) is 2.53. The molecule has 1 aromatic carbocycles. The van der Waals surface area contributed by atoms with Crippen LogP contribution in [0.2, 0.25) is 0 Å². The summed E-state index contributed by atoms with van der Waals surface area (Å²) in [5.74, 6) is 0.840. The number of alkyl halides is 1. The van der Waals surface area contributed by atoms with Gasteiger partial charge in [0.2, 0.25) is 0 Å². The molecule has 0 saturated heterocycles. The summed E-state index contributed by atoms with van der Waals surface area (Å²) < 4.78 is 0. The number of benzene rings is 1. The molecule has 1 unspecified atom stereocenters. The Kier molecular flexibility index (Phi) is 6.14. The molecule has 0 amide bonds. The quantitative estimate of drug-likeness (QED) is 0.546. The fraction of sp³-hybridized carbons (Fsp3) is 0.684. The minimum absolute atomic E-state index is 0.568. The van der Waals surface area contributed by atoms with Gasteiger partial charge in [-0.1, -0.05) is 68.1 Å². The number of hydrogen-bond donors (Lipinski definition) is 0. The summed E-state index contributed by atoms with van der Waals surface area (Å²) >= 11 is 4.08. The number of rotatable bonds is 5. The van der Waals surface area contributed by atoms with Crippen LogP contribution < -0.4 is 0 Å². The van der Waals surface area contributed by atoms with Gasteiger partial charge >= 0.3 is 0 Å². The highest BCUT2D eigenvalue weighted by molar-refractivity contribution is 9.09. The van der Waals surface area contributed by atoms with Crippen molar-refractivity contribution in [2.75, 3.05) is 0 Å². The van der Waals surface area contributed by atoms with E-state index in [1.807, 2.05) is 0 Å². The summed E-state index contributed by atoms with van der Waals surface area (Å²) in [6, 6.07) is 4.90. The maximum atomic E-state index is 4.08. The van der Waals surface area contributed by atoms with Crippen molar-refractivity contribution in [3.8, 4) is 0 Å². The first-order valence-electron chi connectivity index (χ1n) is 8.49. The maximum absolute atomic E-state index is 4.08. The Balaban J connectivity index is 2.36. The van der Waals surface area contributed by atoms with Crippen molar-refractivity contribution >= 4 is 15.9 Å². The molecule has 1 fully saturated rings. The van der Waals surface area contributed by atoms with Crippen LogP contribution in [0.25, 0.3) is 0 Å². The minimum Gasteiger partial charge on any atom is -0.0836 e. The molecule has 2 rings (SSSR count). The second-order valence-corrected chi connectivity index (χ2v) is 7.17. The molecule has 1 aromatic rings. The number of halogens is 1. The van der Waals surface area contributed by atoms with E-state index >= 15 is 0 Å². The Hall–Kier alpha value is -0.300. The third-order valence-electron chi connectivity index (χ3n) is 4.92. The predicted molar refractivity (Wildman–Crippen MR) is 92.8 cm³/mol. The fourth-order valence-corrected chi connectivity index (χ4v) is 4.77. The Morgan fingerprint density at radius 2 is 1.50 bits per heavy atom. The Morgan fingerprint density at radius 1 is 0.950 bits per heavy atom. The van der Waals surface area contributed by atoms with E-state index in [4.69, 9.17) is 0 Å². The summed E-state index contributed by atoms with van der Waals surface area (Å²) in [7, 11) is 0. The highest BCUT2D eigenvalue weighted by atomic mass is 79.9. The van der Waals surface area contributed by atoms with E-state index in [0.717, 1.165) is 25.2 Å². The smallest absolute Gasteiger partial charge is 0.0428 e. The van der Waals surface area contributed by atoms with E-state index in [0.29, 0.717) is 4.83 Å². The van der Waals surface area contributed by atoms with Gasteiger partial charge in [0, 0.05) is 4.83 Å². The monoisotopic (exact) mass is 336 g/mol. The number of aryl methyl sites for hydroxylation is 3. The van der Waals surface area contributed by atoms with Crippen molar-refractivity contribution in [2.24, 2.45) is 5.92 Å². The van der Waals surface area contributed by atoms with Gasteiger partial charge < -0.3 is 0 Å². The highest BCUT2D eigenvalue weighted by Gasteiger charge is 2.26. The lowest BCUT2D eigenvalue weighted by Gasteiger charge is -2.30. The SMILES string of the molecule is CCc1cc(CC)c(C(Br)C2CCCCC2)c(CC)c1. The zero-order valence-corrected chi connectivity index (χ0v) is 14.9. The van der Waals surface area contributed by atoms with E-state index in [-0.39, 0.29) is 0 Å². The third kappa shape index (κ3) is 3.47. The van der Waals surface area contributed by atoms with Gasteiger partial charge in [-0.2, -0.15) is 0 Å². The molecule has 0 radical (unpaired) electrons. The fourth-order valence-electron chi connectivity index (χ4n) is 3.66.